The van der Waals surface area contributed by atoms with E-state index in [0.717, 1.165) is 80.6 Å². The Morgan fingerprint density at radius 2 is 1.23 bits per heavy atom. The van der Waals surface area contributed by atoms with Gasteiger partial charge in [-0.15, -0.1) is 0 Å². The van der Waals surface area contributed by atoms with Crippen molar-refractivity contribution >= 4 is 70.6 Å². The van der Waals surface area contributed by atoms with Crippen molar-refractivity contribution in [3.05, 3.63) is 129 Å². The van der Waals surface area contributed by atoms with Crippen LogP contribution in [0.4, 0.5) is 10.5 Å². The number of rotatable bonds is 30. The van der Waals surface area contributed by atoms with Gasteiger partial charge in [0.05, 0.1) is 42.0 Å². The van der Waals surface area contributed by atoms with Gasteiger partial charge in [-0.2, -0.15) is 0 Å². The molecule has 41 nitrogen and oxygen atoms in total. The molecule has 42 heteroatoms. The lowest BCUT2D eigenvalue weighted by molar-refractivity contribution is -0.333. The molecular formula is C96H125ClN14O27. The maximum Gasteiger partial charge on any atom is 0.325 e. The minimum atomic E-state index is -2.43. The lowest BCUT2D eigenvalue weighted by atomic mass is 9.54. The van der Waals surface area contributed by atoms with Crippen LogP contribution in [0.3, 0.4) is 0 Å². The third kappa shape index (κ3) is 23.5. The first-order chi connectivity index (χ1) is 65.9. The number of hydrogen-bond acceptors (Lipinski definition) is 32. The summed E-state index contributed by atoms with van der Waals surface area (Å²) in [6.07, 6.45) is -14.6. The van der Waals surface area contributed by atoms with Crippen molar-refractivity contribution in [1.29, 1.82) is 0 Å². The molecule has 4 aliphatic carbocycles. The number of benzene rings is 6. The van der Waals surface area contributed by atoms with Crippen molar-refractivity contribution < 1.29 is 132 Å². The quantitative estimate of drug-likeness (QED) is 0.0287. The molecule has 17 rings (SSSR count). The molecule has 6 fully saturated rings. The maximum atomic E-state index is 16.9. The fraction of sp³-hybridized carbons (Fsp3) is 0.531. The minimum Gasteiger partial charge on any atom is -0.508 e. The number of aromatic hydroxyl groups is 3. The van der Waals surface area contributed by atoms with Gasteiger partial charge in [0.1, 0.15) is 115 Å². The number of nitrogens with two attached hydrogens (primary N) is 1. The van der Waals surface area contributed by atoms with Gasteiger partial charge in [-0.05, 0) is 204 Å². The Balaban J connectivity index is 0.946. The lowest BCUT2D eigenvalue weighted by Crippen LogP contribution is -2.64. The molecule has 10 amide bonds. The number of aliphatic hydroxyl groups is 6. The topological polar surface area (TPSA) is 601 Å². The zero-order valence-corrected chi connectivity index (χ0v) is 78.8. The maximum absolute atomic E-state index is 16.9. The number of halogens is 1. The standard InChI is InChI=1S/C96H125ClN14O27/c1-10-100-19-22-130-65-36-54(37-66(131-23-20-101-11-2)83(65)132-24-21-102-12-3)103-95(129)105-70(116)40-60-88(123)107-75-53-34-67(134-63-17-14-49(26-44(63)6)79(117)77(92(127)104-60)110-87(122)59(99-9)25-43(4)5)84(138-94-85(82(120)81(119)69(42-112)136-94)137-71-41-96(8,98)86(121)45(7)133-71)68(35-53)135-64-18-15-50(33-58(64)97)80(118)78-93(128)109-76(91(126)106-73-51-28-46-27-47(30-51)31-52(73)29-46)57-38-55(113)39-62(115)72(57)56-32-48(13-16-61(56)114)74(89(124)111-78)108-90(75)125/h13-18,26,32-39,43,45-47,51-52,59-60,69,71,73-82,85-86,94,99-102,112-115,117-121H,10-12,19-25,27-31,40-42,98H2,1-9H3,(H,104,127)(H,106,126)(H,107,123)(H,108,125)(H,109,128)(H,110,122)(H,111,124)(H2,103,105,116,129)/t45-,46?,47?,51?,52?,59+,60-,69+,71-,73?,74+,75+,76-,77+,78-,79+,80+,81+,82-,85+,86+,94-,96-/m0/s1. The van der Waals surface area contributed by atoms with Crippen LogP contribution in [0.25, 0.3) is 11.1 Å². The first-order valence-corrected chi connectivity index (χ1v) is 47.2. The zero-order chi connectivity index (χ0) is 99.0. The summed E-state index contributed by atoms with van der Waals surface area (Å²) < 4.78 is 58.3. The van der Waals surface area contributed by atoms with Crippen molar-refractivity contribution in [2.24, 2.45) is 35.3 Å². The largest absolute Gasteiger partial charge is 0.508 e. The summed E-state index contributed by atoms with van der Waals surface area (Å²) in [5.41, 5.74) is 3.19. The molecule has 6 aromatic rings. The second kappa shape index (κ2) is 44.7. The van der Waals surface area contributed by atoms with E-state index >= 15 is 33.6 Å². The molecular weight excluding hydrogens is 1820 g/mol. The number of phenolic OH excluding ortho intramolecular Hbond substituents is 3. The van der Waals surface area contributed by atoms with E-state index in [0.29, 0.717) is 51.1 Å². The van der Waals surface area contributed by atoms with E-state index in [1.165, 1.54) is 70.3 Å². The number of imide groups is 1. The second-order valence-corrected chi connectivity index (χ2v) is 37.5. The normalized spacial score (nSPS) is 28.5. The molecule has 138 heavy (non-hydrogen) atoms. The van der Waals surface area contributed by atoms with E-state index in [1.54, 1.807) is 0 Å². The lowest BCUT2D eigenvalue weighted by Gasteiger charge is -2.54. The Bertz CT molecular complexity index is 5400. The first-order valence-electron chi connectivity index (χ1n) is 46.8. The number of nitrogens with one attached hydrogen (secondary N) is 13. The third-order valence-electron chi connectivity index (χ3n) is 26.4. The molecule has 0 unspecified atom stereocenters. The highest BCUT2D eigenvalue weighted by Gasteiger charge is 2.54. The van der Waals surface area contributed by atoms with Crippen LogP contribution in [-0.2, 0) is 52.6 Å². The third-order valence-corrected chi connectivity index (χ3v) is 26.7. The molecule has 7 heterocycles. The van der Waals surface area contributed by atoms with Crippen molar-refractivity contribution in [1.82, 2.24) is 63.8 Å². The molecule has 0 radical (unpaired) electrons. The molecule has 18 atom stereocenters. The summed E-state index contributed by atoms with van der Waals surface area (Å²) in [4.78, 5) is 141. The molecule has 6 aromatic carbocycles. The van der Waals surface area contributed by atoms with Gasteiger partial charge in [-0.3, -0.25) is 43.7 Å². The predicted molar refractivity (Wildman–Crippen MR) is 497 cm³/mol. The van der Waals surface area contributed by atoms with Gasteiger partial charge in [0, 0.05) is 67.0 Å². The molecule has 15 bridgehead atoms. The Morgan fingerprint density at radius 1 is 0.630 bits per heavy atom. The monoisotopic (exact) mass is 1940 g/mol. The number of ether oxygens (including phenoxy) is 9. The van der Waals surface area contributed by atoms with Crippen molar-refractivity contribution in [2.45, 2.75) is 222 Å². The number of urea groups is 1. The molecule has 0 aromatic heterocycles. The van der Waals surface area contributed by atoms with Gasteiger partial charge in [0.25, 0.3) is 0 Å². The van der Waals surface area contributed by atoms with E-state index in [2.05, 4.69) is 69.1 Å². The van der Waals surface area contributed by atoms with Crippen LogP contribution in [0.5, 0.6) is 63.2 Å². The average Bonchev–Trinajstić information content (AvgIpc) is 0.689. The van der Waals surface area contributed by atoms with Crippen LogP contribution >= 0.6 is 11.6 Å². The summed E-state index contributed by atoms with van der Waals surface area (Å²) >= 11 is 7.35. The zero-order valence-electron chi connectivity index (χ0n) is 78.0. The van der Waals surface area contributed by atoms with Crippen LogP contribution in [0.2, 0.25) is 5.02 Å². The smallest absolute Gasteiger partial charge is 0.325 e. The first kappa shape index (κ1) is 102. The number of aliphatic hydroxyl groups excluding tert-OH is 6. The number of anilines is 1. The summed E-state index contributed by atoms with van der Waals surface area (Å²) in [5.74, 6) is -13.0. The minimum absolute atomic E-state index is 0.0132. The van der Waals surface area contributed by atoms with Crippen LogP contribution in [0.15, 0.2) is 91.0 Å². The number of likely N-dealkylation sites (N-methyl/N-ethyl adjacent to an activating group) is 4. The van der Waals surface area contributed by atoms with Gasteiger partial charge >= 0.3 is 6.03 Å². The van der Waals surface area contributed by atoms with Crippen LogP contribution in [0, 0.1) is 36.5 Å². The summed E-state index contributed by atoms with van der Waals surface area (Å²) in [5, 5.41) is 144. The van der Waals surface area contributed by atoms with E-state index in [1.807, 2.05) is 34.6 Å². The highest BCUT2D eigenvalue weighted by molar-refractivity contribution is 6.32. The molecule has 4 saturated carbocycles. The molecule has 24 N–H and O–H groups in total. The van der Waals surface area contributed by atoms with Gasteiger partial charge in [-0.25, -0.2) is 4.79 Å². The van der Waals surface area contributed by atoms with Crippen molar-refractivity contribution in [3.63, 3.8) is 0 Å². The van der Waals surface area contributed by atoms with Crippen molar-refractivity contribution in [3.8, 4) is 74.4 Å². The molecule has 2 saturated heterocycles. The van der Waals surface area contributed by atoms with Gasteiger partial charge in [0.15, 0.2) is 35.4 Å². The average molecular weight is 1940 g/mol. The Hall–Kier alpha value is -11.5. The Kier molecular flexibility index (Phi) is 33.2. The van der Waals surface area contributed by atoms with Gasteiger partial charge in [-0.1, -0.05) is 64.4 Å². The fourth-order valence-corrected chi connectivity index (χ4v) is 19.9. The number of aryl methyl sites for hydroxylation is 1. The number of carbonyl (C=O) groups excluding carboxylic acids is 9. The molecule has 0 spiro atoms. The number of fused-ring (bicyclic) bond motifs is 15. The van der Waals surface area contributed by atoms with Gasteiger partial charge < -0.3 is 158 Å². The van der Waals surface area contributed by atoms with E-state index in [4.69, 9.17) is 60.0 Å². The van der Waals surface area contributed by atoms with Crippen LogP contribution < -0.4 is 103 Å². The van der Waals surface area contributed by atoms with E-state index in [9.17, 15) is 55.5 Å². The number of phenols is 3. The van der Waals surface area contributed by atoms with Crippen LogP contribution in [-0.4, -0.2) is 257 Å². The molecule has 748 valence electrons. The highest BCUT2D eigenvalue weighted by Crippen LogP contribution is 2.55. The SMILES string of the molecule is CCNCCOc1cc(NC(=O)NC(=O)C[C@@H]2NC(=O)[C@H](NC(=O)[C@@H](CC(C)C)NC)[C@H](O)c3ccc(c(C)c3)Oc3cc4cc(c3O[C@@H]3O[C@H](CO)[C@@H](O)[C@H](O)[C@H]3O[C@H]3C[C@](C)(N)[C@H](O)[C@H](C)O3)Oc3ccc(cc3Cl)[C@@H](O)[C@@H]3NC(=O)[C@H](NC(=O)[C@@H]4NC2=O)c2ccc(O)c(c2)-c2c(O)cc(O)cc2[C@@H](C(=O)NC2C4CC5CC(C4)CC2C5)NC3=O)cc(OCCNCC)c1OCCNCC. The summed E-state index contributed by atoms with van der Waals surface area (Å²) in [7, 11) is 1.49. The fourth-order valence-electron chi connectivity index (χ4n) is 19.7. The molecule has 11 aliphatic rings. The predicted octanol–water partition coefficient (Wildman–Crippen LogP) is 3.45. The van der Waals surface area contributed by atoms with Gasteiger partial charge in [0.2, 0.25) is 65.0 Å². The van der Waals surface area contributed by atoms with E-state index < -0.39 is 227 Å². The molecule has 7 aliphatic heterocycles. The number of hydrogen-bond donors (Lipinski definition) is 23. The Morgan fingerprint density at radius 3 is 1.84 bits per heavy atom. The van der Waals surface area contributed by atoms with E-state index in [-0.39, 0.29) is 124 Å². The summed E-state index contributed by atoms with van der Waals surface area (Å²) in [6.45, 7) is 16.3. The Labute approximate surface area is 801 Å². The van der Waals surface area contributed by atoms with Crippen LogP contribution in [0.1, 0.15) is 164 Å². The van der Waals surface area contributed by atoms with Crippen molar-refractivity contribution in [2.75, 3.05) is 78.1 Å². The second-order valence-electron chi connectivity index (χ2n) is 37.1. The summed E-state index contributed by atoms with van der Waals surface area (Å²) in [6, 6.07) is 1.92. The highest BCUT2D eigenvalue weighted by atomic mass is 35.5. The number of carbonyl (C=O) groups is 9. The number of amides is 10.